The predicted molar refractivity (Wildman–Crippen MR) is 72.1 cm³/mol. The topological polar surface area (TPSA) is 78.4 Å². The molecule has 0 saturated carbocycles. The number of para-hydroxylation sites is 1. The summed E-state index contributed by atoms with van der Waals surface area (Å²) in [6.07, 6.45) is 0.201. The maximum absolute atomic E-state index is 12.0. The molecular weight excluding hydrogens is 252 g/mol. The van der Waals surface area contributed by atoms with Gasteiger partial charge in [0.2, 0.25) is 10.0 Å². The van der Waals surface area contributed by atoms with E-state index in [0.29, 0.717) is 18.8 Å². The molecular formula is C12H20N2O3S. The van der Waals surface area contributed by atoms with Crippen LogP contribution in [-0.4, -0.2) is 32.7 Å². The first-order valence-corrected chi connectivity index (χ1v) is 7.46. The maximum Gasteiger partial charge on any atom is 0.242 e. The van der Waals surface area contributed by atoms with E-state index in [2.05, 4.69) is 10.0 Å². The van der Waals surface area contributed by atoms with Crippen LogP contribution in [0.3, 0.4) is 0 Å². The van der Waals surface area contributed by atoms with Crippen molar-refractivity contribution in [2.75, 3.05) is 18.4 Å². The molecule has 0 radical (unpaired) electrons. The fraction of sp³-hybridized carbons (Fsp3) is 0.500. The second kappa shape index (κ2) is 6.72. The molecule has 6 heteroatoms. The zero-order valence-electron chi connectivity index (χ0n) is 10.7. The van der Waals surface area contributed by atoms with Gasteiger partial charge in [0.05, 0.1) is 11.8 Å². The zero-order chi connectivity index (χ0) is 13.6. The molecule has 0 aliphatic rings. The lowest BCUT2D eigenvalue weighted by Gasteiger charge is -2.13. The first-order valence-electron chi connectivity index (χ1n) is 5.98. The van der Waals surface area contributed by atoms with E-state index in [-0.39, 0.29) is 4.90 Å². The Morgan fingerprint density at radius 3 is 2.61 bits per heavy atom. The van der Waals surface area contributed by atoms with Crippen molar-refractivity contribution >= 4 is 15.7 Å². The highest BCUT2D eigenvalue weighted by Gasteiger charge is 2.17. The molecule has 0 aliphatic carbocycles. The van der Waals surface area contributed by atoms with E-state index >= 15 is 0 Å². The van der Waals surface area contributed by atoms with E-state index in [4.69, 9.17) is 0 Å². The molecule has 1 unspecified atom stereocenters. The Hall–Kier alpha value is -1.11. The quantitative estimate of drug-likeness (QED) is 0.696. The minimum atomic E-state index is -3.50. The Balaban J connectivity index is 2.94. The van der Waals surface area contributed by atoms with Crippen LogP contribution in [0, 0.1) is 0 Å². The highest BCUT2D eigenvalue weighted by molar-refractivity contribution is 7.89. The predicted octanol–water partition coefficient (Wildman–Crippen LogP) is 1.17. The second-order valence-corrected chi connectivity index (χ2v) is 5.86. The van der Waals surface area contributed by atoms with Crippen molar-refractivity contribution in [1.29, 1.82) is 0 Å². The van der Waals surface area contributed by atoms with Crippen molar-refractivity contribution < 1.29 is 13.5 Å². The lowest BCUT2D eigenvalue weighted by Crippen LogP contribution is -2.26. The number of sulfonamides is 1. The first-order chi connectivity index (χ1) is 8.47. The Bertz CT molecular complexity index is 472. The van der Waals surface area contributed by atoms with Crippen LogP contribution in [0.2, 0.25) is 0 Å². The van der Waals surface area contributed by atoms with Gasteiger partial charge < -0.3 is 10.4 Å². The number of hydrogen-bond donors (Lipinski definition) is 3. The van der Waals surface area contributed by atoms with E-state index in [1.165, 1.54) is 0 Å². The van der Waals surface area contributed by atoms with Crippen LogP contribution in [0.1, 0.15) is 20.3 Å². The standard InChI is InChI=1S/C12H20N2O3S/c1-3-8-14-18(16,17)12-7-5-4-6-11(12)13-9-10(2)15/h4-7,10,13-15H,3,8-9H2,1-2H3. The summed E-state index contributed by atoms with van der Waals surface area (Å²) in [5.41, 5.74) is 0.502. The summed E-state index contributed by atoms with van der Waals surface area (Å²) in [5.74, 6) is 0. The van der Waals surface area contributed by atoms with Gasteiger partial charge in [-0.05, 0) is 25.5 Å². The fourth-order valence-electron chi connectivity index (χ4n) is 1.42. The Morgan fingerprint density at radius 1 is 1.33 bits per heavy atom. The summed E-state index contributed by atoms with van der Waals surface area (Å²) in [6.45, 7) is 4.26. The molecule has 102 valence electrons. The van der Waals surface area contributed by atoms with Crippen LogP contribution in [0.4, 0.5) is 5.69 Å². The number of benzene rings is 1. The number of aliphatic hydroxyl groups excluding tert-OH is 1. The van der Waals surface area contributed by atoms with E-state index in [0.717, 1.165) is 6.42 Å². The van der Waals surface area contributed by atoms with Gasteiger partial charge in [-0.1, -0.05) is 19.1 Å². The van der Waals surface area contributed by atoms with Gasteiger partial charge in [0.1, 0.15) is 4.90 Å². The minimum Gasteiger partial charge on any atom is -0.392 e. The molecule has 0 bridgehead atoms. The molecule has 3 N–H and O–H groups in total. The van der Waals surface area contributed by atoms with Crippen LogP contribution in [0.5, 0.6) is 0 Å². The average Bonchev–Trinajstić information content (AvgIpc) is 2.34. The number of anilines is 1. The highest BCUT2D eigenvalue weighted by atomic mass is 32.2. The van der Waals surface area contributed by atoms with Gasteiger partial charge in [-0.25, -0.2) is 13.1 Å². The lowest BCUT2D eigenvalue weighted by atomic mass is 10.3. The van der Waals surface area contributed by atoms with Crippen LogP contribution in [0.25, 0.3) is 0 Å². The van der Waals surface area contributed by atoms with Crippen molar-refractivity contribution in [2.45, 2.75) is 31.3 Å². The van der Waals surface area contributed by atoms with Crippen LogP contribution in [-0.2, 0) is 10.0 Å². The van der Waals surface area contributed by atoms with Crippen molar-refractivity contribution in [3.05, 3.63) is 24.3 Å². The van der Waals surface area contributed by atoms with Crippen molar-refractivity contribution in [3.63, 3.8) is 0 Å². The van der Waals surface area contributed by atoms with Gasteiger partial charge in [0.25, 0.3) is 0 Å². The third-order valence-corrected chi connectivity index (χ3v) is 3.83. The SMILES string of the molecule is CCCNS(=O)(=O)c1ccccc1NCC(C)O. The summed E-state index contributed by atoms with van der Waals surface area (Å²) >= 11 is 0. The average molecular weight is 272 g/mol. The molecule has 0 aromatic heterocycles. The van der Waals surface area contributed by atoms with E-state index in [1.807, 2.05) is 6.92 Å². The minimum absolute atomic E-state index is 0.208. The van der Waals surface area contributed by atoms with Gasteiger partial charge in [-0.2, -0.15) is 0 Å². The van der Waals surface area contributed by atoms with Gasteiger partial charge in [0.15, 0.2) is 0 Å². The molecule has 0 spiro atoms. The molecule has 5 nitrogen and oxygen atoms in total. The summed E-state index contributed by atoms with van der Waals surface area (Å²) in [6, 6.07) is 6.66. The van der Waals surface area contributed by atoms with Gasteiger partial charge in [-0.15, -0.1) is 0 Å². The number of hydrogen-bond acceptors (Lipinski definition) is 4. The molecule has 0 fully saturated rings. The fourth-order valence-corrected chi connectivity index (χ4v) is 2.73. The van der Waals surface area contributed by atoms with Crippen molar-refractivity contribution in [2.24, 2.45) is 0 Å². The summed E-state index contributed by atoms with van der Waals surface area (Å²) in [5, 5.41) is 12.1. The molecule has 1 aromatic carbocycles. The molecule has 0 heterocycles. The van der Waals surface area contributed by atoms with E-state index in [9.17, 15) is 13.5 Å². The van der Waals surface area contributed by atoms with Gasteiger partial charge in [-0.3, -0.25) is 0 Å². The molecule has 0 saturated heterocycles. The molecule has 1 atom stereocenters. The maximum atomic E-state index is 12.0. The Labute approximate surface area is 108 Å². The Morgan fingerprint density at radius 2 is 2.00 bits per heavy atom. The molecule has 0 aliphatic heterocycles. The van der Waals surface area contributed by atoms with Gasteiger partial charge in [0, 0.05) is 13.1 Å². The van der Waals surface area contributed by atoms with Crippen molar-refractivity contribution in [1.82, 2.24) is 4.72 Å². The first kappa shape index (κ1) is 14.9. The Kier molecular flexibility index (Phi) is 5.58. The molecule has 18 heavy (non-hydrogen) atoms. The van der Waals surface area contributed by atoms with Gasteiger partial charge >= 0.3 is 0 Å². The second-order valence-electron chi connectivity index (χ2n) is 4.12. The smallest absolute Gasteiger partial charge is 0.242 e. The normalized spacial score (nSPS) is 13.3. The van der Waals surface area contributed by atoms with Crippen LogP contribution < -0.4 is 10.0 Å². The largest absolute Gasteiger partial charge is 0.392 e. The monoisotopic (exact) mass is 272 g/mol. The lowest BCUT2D eigenvalue weighted by molar-refractivity contribution is 0.208. The van der Waals surface area contributed by atoms with E-state index in [1.54, 1.807) is 31.2 Å². The zero-order valence-corrected chi connectivity index (χ0v) is 11.5. The molecule has 1 rings (SSSR count). The number of nitrogens with one attached hydrogen (secondary N) is 2. The van der Waals surface area contributed by atoms with E-state index < -0.39 is 16.1 Å². The molecule has 0 amide bonds. The third-order valence-electron chi connectivity index (χ3n) is 2.31. The number of aliphatic hydroxyl groups is 1. The van der Waals surface area contributed by atoms with Crippen molar-refractivity contribution in [3.8, 4) is 0 Å². The van der Waals surface area contributed by atoms with Crippen LogP contribution >= 0.6 is 0 Å². The third kappa shape index (κ3) is 4.29. The molecule has 1 aromatic rings. The van der Waals surface area contributed by atoms with Crippen LogP contribution in [0.15, 0.2) is 29.2 Å². The summed E-state index contributed by atoms with van der Waals surface area (Å²) < 4.78 is 26.6. The summed E-state index contributed by atoms with van der Waals surface area (Å²) in [4.78, 5) is 0.208. The summed E-state index contributed by atoms with van der Waals surface area (Å²) in [7, 11) is -3.50. The number of rotatable bonds is 7. The highest BCUT2D eigenvalue weighted by Crippen LogP contribution is 2.20.